The molecule has 0 amide bonds. The Hall–Kier alpha value is -2.51. The van der Waals surface area contributed by atoms with Crippen LogP contribution in [0.5, 0.6) is 0 Å². The molecule has 0 aliphatic carbocycles. The van der Waals surface area contributed by atoms with E-state index in [9.17, 15) is 10.5 Å². The molecular weight excluding hydrogens is 372 g/mol. The van der Waals surface area contributed by atoms with Crippen molar-refractivity contribution in [2.75, 3.05) is 5.73 Å². The van der Waals surface area contributed by atoms with Gasteiger partial charge in [0.1, 0.15) is 17.7 Å². The fourth-order valence-electron chi connectivity index (χ4n) is 2.38. The fourth-order valence-corrected chi connectivity index (χ4v) is 4.47. The summed E-state index contributed by atoms with van der Waals surface area (Å²) in [6, 6.07) is 15.6. The minimum absolute atomic E-state index is 0.256. The second-order valence-electron chi connectivity index (χ2n) is 5.07. The third-order valence-electron chi connectivity index (χ3n) is 3.57. The van der Waals surface area contributed by atoms with Gasteiger partial charge >= 0.3 is 0 Å². The van der Waals surface area contributed by atoms with E-state index >= 15 is 0 Å². The SMILES string of the molecule is N#Cc1c(N)[nH+]c(SCc2ccccc2Cl)c(C#N)c1-c1cccs1. The van der Waals surface area contributed by atoms with E-state index in [2.05, 4.69) is 17.1 Å². The molecule has 0 atom stereocenters. The zero-order chi connectivity index (χ0) is 17.8. The van der Waals surface area contributed by atoms with Gasteiger partial charge in [-0.1, -0.05) is 47.6 Å². The Balaban J connectivity index is 2.08. The zero-order valence-corrected chi connectivity index (χ0v) is 15.3. The van der Waals surface area contributed by atoms with Gasteiger partial charge in [-0.2, -0.15) is 10.5 Å². The van der Waals surface area contributed by atoms with Crippen LogP contribution in [0.4, 0.5) is 5.82 Å². The van der Waals surface area contributed by atoms with Crippen molar-refractivity contribution in [2.45, 2.75) is 10.8 Å². The Morgan fingerprint density at radius 2 is 1.88 bits per heavy atom. The number of hydrogen-bond acceptors (Lipinski definition) is 5. The van der Waals surface area contributed by atoms with Crippen molar-refractivity contribution in [2.24, 2.45) is 0 Å². The number of halogens is 1. The van der Waals surface area contributed by atoms with Crippen molar-refractivity contribution < 1.29 is 4.98 Å². The van der Waals surface area contributed by atoms with E-state index in [0.717, 1.165) is 10.4 Å². The lowest BCUT2D eigenvalue weighted by Gasteiger charge is -2.09. The predicted molar refractivity (Wildman–Crippen MR) is 101 cm³/mol. The van der Waals surface area contributed by atoms with Gasteiger partial charge in [0.2, 0.25) is 0 Å². The number of nitrogens with one attached hydrogen (secondary N) is 1. The first kappa shape index (κ1) is 17.3. The van der Waals surface area contributed by atoms with E-state index in [1.54, 1.807) is 0 Å². The monoisotopic (exact) mass is 383 g/mol. The summed E-state index contributed by atoms with van der Waals surface area (Å²) in [6.07, 6.45) is 0. The molecule has 0 radical (unpaired) electrons. The summed E-state index contributed by atoms with van der Waals surface area (Å²) in [4.78, 5) is 3.84. The quantitative estimate of drug-likeness (QED) is 0.672. The van der Waals surface area contributed by atoms with Gasteiger partial charge in [0.25, 0.3) is 5.82 Å². The Morgan fingerprint density at radius 1 is 1.12 bits per heavy atom. The molecule has 0 aliphatic heterocycles. The average molecular weight is 384 g/mol. The molecule has 122 valence electrons. The molecule has 0 unspecified atom stereocenters. The molecule has 1 aromatic carbocycles. The number of anilines is 1. The van der Waals surface area contributed by atoms with Gasteiger partial charge in [-0.25, -0.2) is 4.98 Å². The van der Waals surface area contributed by atoms with Crippen molar-refractivity contribution in [3.63, 3.8) is 0 Å². The Labute approximate surface area is 158 Å². The normalized spacial score (nSPS) is 10.2. The second-order valence-corrected chi connectivity index (χ2v) is 7.41. The molecule has 2 aromatic heterocycles. The largest absolute Gasteiger partial charge is 0.289 e. The number of H-pyrrole nitrogens is 1. The summed E-state index contributed by atoms with van der Waals surface area (Å²) in [5, 5.41) is 22.4. The Morgan fingerprint density at radius 3 is 2.52 bits per heavy atom. The maximum absolute atomic E-state index is 9.71. The van der Waals surface area contributed by atoms with E-state index < -0.39 is 0 Å². The van der Waals surface area contributed by atoms with Crippen LogP contribution >= 0.6 is 34.7 Å². The molecular formula is C18H12ClN4S2+. The van der Waals surface area contributed by atoms with E-state index in [1.165, 1.54) is 23.1 Å². The van der Waals surface area contributed by atoms with E-state index in [4.69, 9.17) is 17.3 Å². The molecule has 0 fully saturated rings. The molecule has 0 saturated heterocycles. The number of hydrogen-bond donors (Lipinski definition) is 1. The summed E-state index contributed by atoms with van der Waals surface area (Å²) in [5.74, 6) is 0.839. The van der Waals surface area contributed by atoms with Crippen molar-refractivity contribution >= 4 is 40.5 Å². The number of nitrogens with zero attached hydrogens (tertiary/aromatic N) is 2. The number of nitriles is 2. The minimum Gasteiger partial charge on any atom is -0.286 e. The molecule has 0 saturated carbocycles. The van der Waals surface area contributed by atoms with Crippen LogP contribution in [0, 0.1) is 22.7 Å². The maximum atomic E-state index is 9.71. The van der Waals surface area contributed by atoms with Gasteiger partial charge in [-0.05, 0) is 23.1 Å². The van der Waals surface area contributed by atoms with E-state index in [0.29, 0.717) is 32.5 Å². The van der Waals surface area contributed by atoms with Gasteiger partial charge in [-0.3, -0.25) is 5.73 Å². The molecule has 0 bridgehead atoms. The number of nitrogens with two attached hydrogens (primary N) is 1. The first-order valence-electron chi connectivity index (χ1n) is 7.24. The van der Waals surface area contributed by atoms with Crippen molar-refractivity contribution in [3.05, 3.63) is 63.5 Å². The molecule has 2 heterocycles. The van der Waals surface area contributed by atoms with E-state index in [1.807, 2.05) is 41.8 Å². The number of rotatable bonds is 4. The molecule has 3 rings (SSSR count). The topological polar surface area (TPSA) is 87.7 Å². The zero-order valence-electron chi connectivity index (χ0n) is 12.9. The van der Waals surface area contributed by atoms with Crippen LogP contribution in [0.3, 0.4) is 0 Å². The van der Waals surface area contributed by atoms with Crippen molar-refractivity contribution in [3.8, 4) is 22.6 Å². The van der Waals surface area contributed by atoms with Gasteiger partial charge < -0.3 is 0 Å². The molecule has 4 nitrogen and oxygen atoms in total. The maximum Gasteiger partial charge on any atom is 0.289 e. The van der Waals surface area contributed by atoms with Gasteiger partial charge in [0.15, 0.2) is 10.6 Å². The van der Waals surface area contributed by atoms with Gasteiger partial charge in [-0.15, -0.1) is 11.3 Å². The van der Waals surface area contributed by atoms with Crippen LogP contribution in [0.1, 0.15) is 16.7 Å². The number of thioether (sulfide) groups is 1. The lowest BCUT2D eigenvalue weighted by molar-refractivity contribution is -0.410. The molecule has 3 N–H and O–H groups in total. The predicted octanol–water partition coefficient (Wildman–Crippen LogP) is 4.50. The van der Waals surface area contributed by atoms with Crippen LogP contribution in [-0.2, 0) is 5.75 Å². The van der Waals surface area contributed by atoms with Crippen molar-refractivity contribution in [1.82, 2.24) is 0 Å². The summed E-state index contributed by atoms with van der Waals surface area (Å²) >= 11 is 9.10. The smallest absolute Gasteiger partial charge is 0.286 e. The first-order valence-corrected chi connectivity index (χ1v) is 9.49. The first-order chi connectivity index (χ1) is 12.2. The van der Waals surface area contributed by atoms with Crippen LogP contribution in [-0.4, -0.2) is 0 Å². The molecule has 0 spiro atoms. The van der Waals surface area contributed by atoms with Crippen LogP contribution in [0.25, 0.3) is 10.4 Å². The number of benzene rings is 1. The highest BCUT2D eigenvalue weighted by molar-refractivity contribution is 7.98. The highest BCUT2D eigenvalue weighted by atomic mass is 35.5. The van der Waals surface area contributed by atoms with E-state index in [-0.39, 0.29) is 5.82 Å². The Kier molecular flexibility index (Phi) is 5.25. The lowest BCUT2D eigenvalue weighted by atomic mass is 10.0. The summed E-state index contributed by atoms with van der Waals surface area (Å²) in [5.41, 5.74) is 8.30. The highest BCUT2D eigenvalue weighted by Crippen LogP contribution is 2.37. The third-order valence-corrected chi connectivity index (χ3v) is 5.87. The number of nitrogen functional groups attached to an aromatic ring is 1. The fraction of sp³-hybridized carbons (Fsp3) is 0.0556. The number of aromatic amines is 1. The van der Waals surface area contributed by atoms with Gasteiger partial charge in [0.05, 0.1) is 0 Å². The summed E-state index contributed by atoms with van der Waals surface area (Å²) in [6.45, 7) is 0. The number of aromatic nitrogens is 1. The minimum atomic E-state index is 0.256. The van der Waals surface area contributed by atoms with Crippen LogP contribution < -0.4 is 10.7 Å². The van der Waals surface area contributed by atoms with Crippen LogP contribution in [0.15, 0.2) is 46.8 Å². The standard InChI is InChI=1S/C18H11ClN4S2/c19-14-5-2-1-4-11(14)10-25-18-13(9-21)16(15-6-3-7-24-15)12(8-20)17(22)23-18/h1-7H,10H2,(H2,22,23)/p+1. The van der Waals surface area contributed by atoms with Gasteiger partial charge in [0, 0.05) is 21.2 Å². The average Bonchev–Trinajstić information content (AvgIpc) is 3.14. The molecule has 25 heavy (non-hydrogen) atoms. The lowest BCUT2D eigenvalue weighted by Crippen LogP contribution is -2.18. The Bertz CT molecular complexity index is 1000. The number of pyridine rings is 1. The van der Waals surface area contributed by atoms with Crippen molar-refractivity contribution in [1.29, 1.82) is 10.5 Å². The number of thiophene rings is 1. The van der Waals surface area contributed by atoms with Crippen LogP contribution in [0.2, 0.25) is 5.02 Å². The summed E-state index contributed by atoms with van der Waals surface area (Å²) < 4.78 is 0. The molecule has 3 aromatic rings. The highest BCUT2D eigenvalue weighted by Gasteiger charge is 2.24. The molecule has 0 aliphatic rings. The third kappa shape index (κ3) is 3.47. The second kappa shape index (κ2) is 7.58. The molecule has 7 heteroatoms. The summed E-state index contributed by atoms with van der Waals surface area (Å²) in [7, 11) is 0.